The fourth-order valence-corrected chi connectivity index (χ4v) is 5.53. The van der Waals surface area contributed by atoms with E-state index >= 15 is 0 Å². The summed E-state index contributed by atoms with van der Waals surface area (Å²) in [5.74, 6) is 0.162. The van der Waals surface area contributed by atoms with Crippen molar-refractivity contribution in [1.82, 2.24) is 9.66 Å². The number of phenolic OH excluding ortho intramolecular Hbond substituents is 1. The van der Waals surface area contributed by atoms with Crippen LogP contribution in [0.25, 0.3) is 21.2 Å². The number of ether oxygens (including phenoxy) is 1. The molecule has 9 nitrogen and oxygen atoms in total. The lowest BCUT2D eigenvalue weighted by atomic mass is 10.1. The number of hydrogen-bond donors (Lipinski definition) is 2. The lowest BCUT2D eigenvalue weighted by Gasteiger charge is -2.14. The highest BCUT2D eigenvalue weighted by molar-refractivity contribution is 9.10. The summed E-state index contributed by atoms with van der Waals surface area (Å²) in [7, 11) is 0. The third-order valence-corrected chi connectivity index (χ3v) is 7.59. The minimum absolute atomic E-state index is 0.0265. The van der Waals surface area contributed by atoms with Gasteiger partial charge in [0, 0.05) is 23.3 Å². The molecule has 2 N–H and O–H groups in total. The van der Waals surface area contributed by atoms with Crippen molar-refractivity contribution in [2.45, 2.75) is 10.9 Å². The summed E-state index contributed by atoms with van der Waals surface area (Å²) < 4.78 is 12.9. The van der Waals surface area contributed by atoms with Gasteiger partial charge in [0.15, 0.2) is 11.8 Å². The van der Waals surface area contributed by atoms with E-state index in [0.717, 1.165) is 4.68 Å². The Morgan fingerprint density at radius 1 is 1.19 bits per heavy atom. The molecule has 0 saturated heterocycles. The van der Waals surface area contributed by atoms with Crippen LogP contribution in [0.1, 0.15) is 5.56 Å². The molecule has 3 heterocycles. The summed E-state index contributed by atoms with van der Waals surface area (Å²) in [4.78, 5) is 42.4. The number of aromatic hydroxyl groups is 1. The summed E-state index contributed by atoms with van der Waals surface area (Å²) >= 11 is 5.76. The molecule has 1 amide bonds. The first-order chi connectivity index (χ1) is 17.4. The van der Waals surface area contributed by atoms with E-state index in [4.69, 9.17) is 9.15 Å². The van der Waals surface area contributed by atoms with Crippen molar-refractivity contribution in [3.05, 3.63) is 90.8 Å². The third kappa shape index (κ3) is 5.01. The normalized spacial score (nSPS) is 11.1. The number of benzene rings is 2. The van der Waals surface area contributed by atoms with E-state index in [1.54, 1.807) is 35.7 Å². The second-order valence-corrected chi connectivity index (χ2v) is 10.2. The molecule has 5 rings (SSSR count). The van der Waals surface area contributed by atoms with E-state index in [0.29, 0.717) is 31.4 Å². The zero-order valence-electron chi connectivity index (χ0n) is 18.3. The Hall–Kier alpha value is -3.61. The molecule has 0 aliphatic carbocycles. The molecule has 0 fully saturated rings. The van der Waals surface area contributed by atoms with Crippen LogP contribution in [0.5, 0.6) is 11.5 Å². The van der Waals surface area contributed by atoms with E-state index in [1.807, 2.05) is 6.07 Å². The SMILES string of the molecule is O=C(COc1ccccc1Br)Nn1c(SCc2cc(=O)oc3cc(O)ccc23)nc2ccsc2c1=O. The number of thioether (sulfide) groups is 1. The molecule has 0 aliphatic heterocycles. The molecule has 0 aliphatic rings. The first-order valence-electron chi connectivity index (χ1n) is 10.4. The Labute approximate surface area is 219 Å². The van der Waals surface area contributed by atoms with Crippen LogP contribution < -0.4 is 21.3 Å². The lowest BCUT2D eigenvalue weighted by molar-refractivity contribution is -0.119. The van der Waals surface area contributed by atoms with Crippen molar-refractivity contribution in [3.63, 3.8) is 0 Å². The maximum absolute atomic E-state index is 13.2. The number of amides is 1. The van der Waals surface area contributed by atoms with Crippen molar-refractivity contribution < 1.29 is 19.1 Å². The molecule has 12 heteroatoms. The number of fused-ring (bicyclic) bond motifs is 2. The number of nitrogens with zero attached hydrogens (tertiary/aromatic N) is 2. The van der Waals surface area contributed by atoms with Gasteiger partial charge < -0.3 is 14.3 Å². The standard InChI is InChI=1S/C24H16BrN3O6S2/c25-16-3-1-2-4-18(16)33-11-20(30)27-28-23(32)22-17(7-8-35-22)26-24(28)36-12-13-9-21(31)34-19-10-14(29)5-6-15(13)19/h1-10,29H,11-12H2,(H,27,30). The van der Waals surface area contributed by atoms with Gasteiger partial charge in [-0.25, -0.2) is 9.78 Å². The minimum atomic E-state index is -0.570. The largest absolute Gasteiger partial charge is 0.508 e. The van der Waals surface area contributed by atoms with E-state index in [1.165, 1.54) is 41.3 Å². The number of thiophene rings is 1. The molecule has 2 aromatic carbocycles. The summed E-state index contributed by atoms with van der Waals surface area (Å²) in [6, 6.07) is 14.7. The summed E-state index contributed by atoms with van der Waals surface area (Å²) in [6.07, 6.45) is 0. The number of halogens is 1. The predicted octanol–water partition coefficient (Wildman–Crippen LogP) is 4.47. The van der Waals surface area contributed by atoms with Crippen LogP contribution in [0.3, 0.4) is 0 Å². The van der Waals surface area contributed by atoms with Gasteiger partial charge in [0.25, 0.3) is 11.5 Å². The van der Waals surface area contributed by atoms with Gasteiger partial charge in [-0.05, 0) is 57.2 Å². The fraction of sp³-hybridized carbons (Fsp3) is 0.0833. The molecule has 0 unspecified atom stereocenters. The summed E-state index contributed by atoms with van der Waals surface area (Å²) in [5.41, 5.74) is 2.96. The number of para-hydroxylation sites is 1. The highest BCUT2D eigenvalue weighted by Crippen LogP contribution is 2.28. The van der Waals surface area contributed by atoms with Gasteiger partial charge in [0.2, 0.25) is 0 Å². The topological polar surface area (TPSA) is 124 Å². The van der Waals surface area contributed by atoms with Crippen LogP contribution in [-0.4, -0.2) is 27.3 Å². The number of hydrogen-bond acceptors (Lipinski definition) is 9. The van der Waals surface area contributed by atoms with E-state index in [9.17, 15) is 19.5 Å². The van der Waals surface area contributed by atoms with Crippen LogP contribution >= 0.6 is 39.0 Å². The van der Waals surface area contributed by atoms with Crippen LogP contribution in [0.15, 0.2) is 83.6 Å². The van der Waals surface area contributed by atoms with Gasteiger partial charge >= 0.3 is 5.63 Å². The zero-order chi connectivity index (χ0) is 25.2. The van der Waals surface area contributed by atoms with E-state index in [2.05, 4.69) is 26.3 Å². The number of nitrogens with one attached hydrogen (secondary N) is 1. The molecular weight excluding hydrogens is 570 g/mol. The number of phenols is 1. The average Bonchev–Trinajstić information content (AvgIpc) is 3.32. The van der Waals surface area contributed by atoms with E-state index in [-0.39, 0.29) is 28.8 Å². The van der Waals surface area contributed by atoms with Gasteiger partial charge in [-0.1, -0.05) is 23.9 Å². The van der Waals surface area contributed by atoms with Crippen molar-refractivity contribution in [2.75, 3.05) is 12.0 Å². The Morgan fingerprint density at radius 2 is 2.03 bits per heavy atom. The van der Waals surface area contributed by atoms with Crippen LogP contribution in [0, 0.1) is 0 Å². The Balaban J connectivity index is 1.43. The molecule has 0 spiro atoms. The highest BCUT2D eigenvalue weighted by atomic mass is 79.9. The highest BCUT2D eigenvalue weighted by Gasteiger charge is 2.17. The lowest BCUT2D eigenvalue weighted by Crippen LogP contribution is -2.37. The molecule has 0 atom stereocenters. The summed E-state index contributed by atoms with van der Waals surface area (Å²) in [6.45, 7) is -0.324. The monoisotopic (exact) mass is 585 g/mol. The van der Waals surface area contributed by atoms with Gasteiger partial charge in [0.1, 0.15) is 21.8 Å². The van der Waals surface area contributed by atoms with Crippen LogP contribution in [0.4, 0.5) is 0 Å². The van der Waals surface area contributed by atoms with Gasteiger partial charge in [0.05, 0.1) is 9.99 Å². The Morgan fingerprint density at radius 3 is 2.86 bits per heavy atom. The Kier molecular flexibility index (Phi) is 6.81. The molecule has 36 heavy (non-hydrogen) atoms. The number of rotatable bonds is 7. The fourth-order valence-electron chi connectivity index (χ4n) is 3.43. The van der Waals surface area contributed by atoms with Crippen molar-refractivity contribution >= 4 is 66.1 Å². The zero-order valence-corrected chi connectivity index (χ0v) is 21.5. The summed E-state index contributed by atoms with van der Waals surface area (Å²) in [5, 5.41) is 12.3. The molecular formula is C24H16BrN3O6S2. The van der Waals surface area contributed by atoms with Gasteiger partial charge in [-0.3, -0.25) is 15.0 Å². The van der Waals surface area contributed by atoms with Crippen LogP contribution in [-0.2, 0) is 10.5 Å². The smallest absolute Gasteiger partial charge is 0.336 e. The van der Waals surface area contributed by atoms with Crippen molar-refractivity contribution in [1.29, 1.82) is 0 Å². The molecule has 0 saturated carbocycles. The number of carbonyl (C=O) groups is 1. The molecule has 0 bridgehead atoms. The van der Waals surface area contributed by atoms with Crippen molar-refractivity contribution in [3.8, 4) is 11.5 Å². The minimum Gasteiger partial charge on any atom is -0.508 e. The molecule has 3 aromatic heterocycles. The second-order valence-electron chi connectivity index (χ2n) is 7.48. The number of carbonyl (C=O) groups excluding carboxylic acids is 1. The molecule has 5 aromatic rings. The Bertz CT molecular complexity index is 1730. The maximum Gasteiger partial charge on any atom is 0.336 e. The van der Waals surface area contributed by atoms with Crippen molar-refractivity contribution in [2.24, 2.45) is 0 Å². The second kappa shape index (κ2) is 10.2. The van der Waals surface area contributed by atoms with Gasteiger partial charge in [-0.2, -0.15) is 4.68 Å². The predicted molar refractivity (Wildman–Crippen MR) is 142 cm³/mol. The molecule has 182 valence electrons. The maximum atomic E-state index is 13.2. The van der Waals surface area contributed by atoms with E-state index < -0.39 is 17.1 Å². The quantitative estimate of drug-likeness (QED) is 0.163. The molecule has 0 radical (unpaired) electrons. The average molecular weight is 586 g/mol. The first kappa shape index (κ1) is 24.1. The van der Waals surface area contributed by atoms with Gasteiger partial charge in [-0.15, -0.1) is 11.3 Å². The third-order valence-electron chi connectivity index (χ3n) is 5.05. The first-order valence-corrected chi connectivity index (χ1v) is 13.1. The van der Waals surface area contributed by atoms with Crippen LogP contribution in [0.2, 0.25) is 0 Å². The number of aromatic nitrogens is 2.